The molecule has 0 bridgehead atoms. The molecule has 7 nitrogen and oxygen atoms in total. The Kier molecular flexibility index (Phi) is 4.62. The van der Waals surface area contributed by atoms with Crippen LogP contribution in [-0.2, 0) is 21.2 Å². The van der Waals surface area contributed by atoms with Gasteiger partial charge in [0.15, 0.2) is 0 Å². The van der Waals surface area contributed by atoms with Crippen LogP contribution in [0.3, 0.4) is 0 Å². The number of anilines is 1. The van der Waals surface area contributed by atoms with Crippen molar-refractivity contribution in [2.45, 2.75) is 6.42 Å². The maximum atomic E-state index is 11.2. The molecule has 0 aliphatic rings. The molecule has 0 unspecified atom stereocenters. The molecule has 0 aromatic heterocycles. The first-order valence-electron chi connectivity index (χ1n) is 5.07. The fourth-order valence-corrected chi connectivity index (χ4v) is 2.01. The van der Waals surface area contributed by atoms with E-state index in [1.807, 2.05) is 0 Å². The van der Waals surface area contributed by atoms with Crippen LogP contribution in [0.5, 0.6) is 0 Å². The SMILES string of the molecule is COCCc1cc([N+](=O)[O-])ccc1NS(C)(=O)=O. The normalized spacial score (nSPS) is 11.2. The van der Waals surface area contributed by atoms with Crippen molar-refractivity contribution in [3.05, 3.63) is 33.9 Å². The van der Waals surface area contributed by atoms with E-state index in [0.29, 0.717) is 24.3 Å². The minimum atomic E-state index is -3.42. The number of nitrogens with one attached hydrogen (secondary N) is 1. The van der Waals surface area contributed by atoms with E-state index in [0.717, 1.165) is 6.26 Å². The van der Waals surface area contributed by atoms with Crippen LogP contribution >= 0.6 is 0 Å². The van der Waals surface area contributed by atoms with Crippen LogP contribution in [0.1, 0.15) is 5.56 Å². The third kappa shape index (κ3) is 4.30. The largest absolute Gasteiger partial charge is 0.384 e. The van der Waals surface area contributed by atoms with Crippen molar-refractivity contribution < 1.29 is 18.1 Å². The number of hydrogen-bond donors (Lipinski definition) is 1. The van der Waals surface area contributed by atoms with E-state index >= 15 is 0 Å². The van der Waals surface area contributed by atoms with E-state index < -0.39 is 14.9 Å². The van der Waals surface area contributed by atoms with E-state index in [9.17, 15) is 18.5 Å². The Morgan fingerprint density at radius 3 is 2.61 bits per heavy atom. The van der Waals surface area contributed by atoms with Gasteiger partial charge in [0.2, 0.25) is 10.0 Å². The van der Waals surface area contributed by atoms with Crippen LogP contribution in [0, 0.1) is 10.1 Å². The molecule has 0 heterocycles. The van der Waals surface area contributed by atoms with Gasteiger partial charge < -0.3 is 4.74 Å². The number of nitrogens with zero attached hydrogens (tertiary/aromatic N) is 1. The number of benzene rings is 1. The van der Waals surface area contributed by atoms with Crippen molar-refractivity contribution >= 4 is 21.4 Å². The topological polar surface area (TPSA) is 98.5 Å². The molecule has 0 fully saturated rings. The van der Waals surface area contributed by atoms with Crippen molar-refractivity contribution in [3.8, 4) is 0 Å². The summed E-state index contributed by atoms with van der Waals surface area (Å²) in [6, 6.07) is 3.97. The fourth-order valence-electron chi connectivity index (χ4n) is 1.41. The van der Waals surface area contributed by atoms with Gasteiger partial charge in [-0.1, -0.05) is 0 Å². The summed E-state index contributed by atoms with van der Waals surface area (Å²) < 4.78 is 29.5. The Morgan fingerprint density at radius 2 is 2.11 bits per heavy atom. The zero-order valence-corrected chi connectivity index (χ0v) is 10.9. The highest BCUT2D eigenvalue weighted by molar-refractivity contribution is 7.92. The number of methoxy groups -OCH3 is 1. The van der Waals surface area contributed by atoms with Crippen molar-refractivity contribution in [1.29, 1.82) is 0 Å². The summed E-state index contributed by atoms with van der Waals surface area (Å²) in [4.78, 5) is 10.1. The van der Waals surface area contributed by atoms with Crippen molar-refractivity contribution in [2.24, 2.45) is 0 Å². The third-order valence-electron chi connectivity index (χ3n) is 2.17. The second kappa shape index (κ2) is 5.78. The Balaban J connectivity index is 3.11. The summed E-state index contributed by atoms with van der Waals surface area (Å²) in [5.41, 5.74) is 0.775. The Bertz CT molecular complexity index is 541. The van der Waals surface area contributed by atoms with E-state index in [4.69, 9.17) is 4.74 Å². The molecule has 100 valence electrons. The first-order chi connectivity index (χ1) is 8.33. The zero-order valence-electron chi connectivity index (χ0n) is 10.0. The Labute approximate surface area is 105 Å². The molecule has 1 aromatic carbocycles. The lowest BCUT2D eigenvalue weighted by molar-refractivity contribution is -0.384. The Morgan fingerprint density at radius 1 is 1.44 bits per heavy atom. The number of nitro groups is 1. The van der Waals surface area contributed by atoms with E-state index in [-0.39, 0.29) is 5.69 Å². The lowest BCUT2D eigenvalue weighted by Gasteiger charge is -2.10. The molecule has 1 N–H and O–H groups in total. The lowest BCUT2D eigenvalue weighted by Crippen LogP contribution is -2.12. The summed E-state index contributed by atoms with van der Waals surface area (Å²) in [6.45, 7) is 0.347. The van der Waals surface area contributed by atoms with Gasteiger partial charge in [0.05, 0.1) is 23.5 Å². The minimum Gasteiger partial charge on any atom is -0.384 e. The van der Waals surface area contributed by atoms with E-state index in [1.165, 1.54) is 25.3 Å². The van der Waals surface area contributed by atoms with Gasteiger partial charge >= 0.3 is 0 Å². The van der Waals surface area contributed by atoms with Crippen molar-refractivity contribution in [1.82, 2.24) is 0 Å². The molecule has 18 heavy (non-hydrogen) atoms. The average Bonchev–Trinajstić information content (AvgIpc) is 2.25. The quantitative estimate of drug-likeness (QED) is 0.620. The van der Waals surface area contributed by atoms with Crippen LogP contribution in [0.15, 0.2) is 18.2 Å². The standard InChI is InChI=1S/C10H14N2O5S/c1-17-6-5-8-7-9(12(13)14)3-4-10(8)11-18(2,15)16/h3-4,7,11H,5-6H2,1-2H3. The molecule has 0 atom stereocenters. The van der Waals surface area contributed by atoms with Gasteiger partial charge in [0.1, 0.15) is 0 Å². The monoisotopic (exact) mass is 274 g/mol. The maximum absolute atomic E-state index is 11.2. The molecule has 0 saturated carbocycles. The van der Waals surface area contributed by atoms with Crippen LogP contribution in [-0.4, -0.2) is 33.3 Å². The molecule has 0 saturated heterocycles. The lowest BCUT2D eigenvalue weighted by atomic mass is 10.1. The van der Waals surface area contributed by atoms with Crippen LogP contribution in [0.4, 0.5) is 11.4 Å². The number of rotatable bonds is 6. The van der Waals surface area contributed by atoms with Crippen molar-refractivity contribution in [2.75, 3.05) is 24.7 Å². The second-order valence-corrected chi connectivity index (χ2v) is 5.46. The molecule has 8 heteroatoms. The molecule has 0 aliphatic carbocycles. The first-order valence-corrected chi connectivity index (χ1v) is 6.96. The predicted octanol–water partition coefficient (Wildman–Crippen LogP) is 1.16. The fraction of sp³-hybridized carbons (Fsp3) is 0.400. The molecule has 0 spiro atoms. The number of nitro benzene ring substituents is 1. The van der Waals surface area contributed by atoms with E-state index in [2.05, 4.69) is 4.72 Å². The van der Waals surface area contributed by atoms with Gasteiger partial charge in [-0.15, -0.1) is 0 Å². The highest BCUT2D eigenvalue weighted by Gasteiger charge is 2.13. The van der Waals surface area contributed by atoms with Gasteiger partial charge in [0.25, 0.3) is 5.69 Å². The van der Waals surface area contributed by atoms with Gasteiger partial charge in [-0.2, -0.15) is 0 Å². The summed E-state index contributed by atoms with van der Waals surface area (Å²) in [5.74, 6) is 0. The van der Waals surface area contributed by atoms with Gasteiger partial charge in [-0.25, -0.2) is 8.42 Å². The van der Waals surface area contributed by atoms with Gasteiger partial charge in [-0.3, -0.25) is 14.8 Å². The molecule has 0 radical (unpaired) electrons. The molecule has 1 rings (SSSR count). The average molecular weight is 274 g/mol. The number of non-ortho nitro benzene ring substituents is 1. The number of sulfonamides is 1. The zero-order chi connectivity index (χ0) is 13.8. The Hall–Kier alpha value is -1.67. The van der Waals surface area contributed by atoms with Crippen LogP contribution in [0.2, 0.25) is 0 Å². The summed E-state index contributed by atoms with van der Waals surface area (Å²) >= 11 is 0. The molecule has 1 aromatic rings. The second-order valence-electron chi connectivity index (χ2n) is 3.72. The number of hydrogen-bond acceptors (Lipinski definition) is 5. The van der Waals surface area contributed by atoms with Gasteiger partial charge in [-0.05, 0) is 18.1 Å². The van der Waals surface area contributed by atoms with Crippen LogP contribution < -0.4 is 4.72 Å². The maximum Gasteiger partial charge on any atom is 0.269 e. The summed E-state index contributed by atoms with van der Waals surface area (Å²) in [7, 11) is -1.92. The highest BCUT2D eigenvalue weighted by Crippen LogP contribution is 2.23. The number of ether oxygens (including phenoxy) is 1. The summed E-state index contributed by atoms with van der Waals surface area (Å²) in [6.07, 6.45) is 1.41. The highest BCUT2D eigenvalue weighted by atomic mass is 32.2. The molecular weight excluding hydrogens is 260 g/mol. The molecule has 0 amide bonds. The molecular formula is C10H14N2O5S. The smallest absolute Gasteiger partial charge is 0.269 e. The predicted molar refractivity (Wildman–Crippen MR) is 67.1 cm³/mol. The minimum absolute atomic E-state index is 0.0832. The molecule has 0 aliphatic heterocycles. The van der Waals surface area contributed by atoms with E-state index in [1.54, 1.807) is 0 Å². The first kappa shape index (κ1) is 14.4. The van der Waals surface area contributed by atoms with Gasteiger partial charge in [0, 0.05) is 19.2 Å². The third-order valence-corrected chi connectivity index (χ3v) is 2.76. The van der Waals surface area contributed by atoms with Crippen molar-refractivity contribution in [3.63, 3.8) is 0 Å². The summed E-state index contributed by atoms with van der Waals surface area (Å²) in [5, 5.41) is 10.7. The van der Waals surface area contributed by atoms with Crippen LogP contribution in [0.25, 0.3) is 0 Å².